The number of methoxy groups -OCH3 is 1. The molecule has 0 radical (unpaired) electrons. The van der Waals surface area contributed by atoms with E-state index in [0.717, 1.165) is 22.6 Å². The maximum absolute atomic E-state index is 11.0. The number of rotatable bonds is 4. The van der Waals surface area contributed by atoms with Crippen LogP contribution in [0.25, 0.3) is 17.3 Å². The molecule has 2 aromatic carbocycles. The maximum atomic E-state index is 11.0. The minimum Gasteiger partial charge on any atom is -0.497 e. The Bertz CT molecular complexity index is 1200. The van der Waals surface area contributed by atoms with Crippen molar-refractivity contribution in [1.82, 2.24) is 4.57 Å². The minimum atomic E-state index is -1.01. The topological polar surface area (TPSA) is 84.1 Å². The third-order valence-corrected chi connectivity index (χ3v) is 5.64. The van der Waals surface area contributed by atoms with Gasteiger partial charge in [0.25, 0.3) is 0 Å². The summed E-state index contributed by atoms with van der Waals surface area (Å²) in [6, 6.07) is 11.8. The Balaban J connectivity index is 1.73. The Morgan fingerprint density at radius 3 is 2.68 bits per heavy atom. The largest absolute Gasteiger partial charge is 0.497 e. The van der Waals surface area contributed by atoms with Crippen LogP contribution in [0.1, 0.15) is 20.8 Å². The number of ether oxygens (including phenoxy) is 1. The summed E-state index contributed by atoms with van der Waals surface area (Å²) in [5, 5.41) is 19.7. The van der Waals surface area contributed by atoms with Crippen LogP contribution in [0.4, 0.5) is 5.69 Å². The molecule has 6 nitrogen and oxygen atoms in total. The summed E-state index contributed by atoms with van der Waals surface area (Å²) in [5.41, 5.74) is 3.37. The summed E-state index contributed by atoms with van der Waals surface area (Å²) in [7, 11) is 1.60. The molecule has 4 rings (SSSR count). The summed E-state index contributed by atoms with van der Waals surface area (Å²) < 4.78 is 7.19. The standard InChI is InChI=1S/C20H14N2O4S2/c1-26-14-6-7-15-12(10-21-16(15)9-14)8-17-18(23)22(20(27)28-17)13-4-2-11(3-5-13)19(24)25/h2-10,23H,1H3,(H,24,25)/b12-8+. The fourth-order valence-electron chi connectivity index (χ4n) is 2.91. The van der Waals surface area contributed by atoms with Gasteiger partial charge in [0.2, 0.25) is 5.88 Å². The van der Waals surface area contributed by atoms with E-state index in [1.807, 2.05) is 24.3 Å². The number of carbonyl (C=O) groups is 1. The fourth-order valence-corrected chi connectivity index (χ4v) is 4.21. The average Bonchev–Trinajstić information content (AvgIpc) is 3.22. The SMILES string of the molecule is COc1ccc2c(c1)N=C/C2=C\c1sc(=S)n(-c2ccc(C(=O)O)cc2)c1O. The lowest BCUT2D eigenvalue weighted by Crippen LogP contribution is -1.98. The zero-order valence-electron chi connectivity index (χ0n) is 14.6. The van der Waals surface area contributed by atoms with Gasteiger partial charge in [-0.3, -0.25) is 9.56 Å². The van der Waals surface area contributed by atoms with Crippen LogP contribution in [0.2, 0.25) is 0 Å². The number of fused-ring (bicyclic) bond motifs is 1. The Kier molecular flexibility index (Phi) is 4.58. The first-order valence-corrected chi connectivity index (χ1v) is 9.43. The monoisotopic (exact) mass is 410 g/mol. The van der Waals surface area contributed by atoms with E-state index in [-0.39, 0.29) is 11.4 Å². The quantitative estimate of drug-likeness (QED) is 0.596. The lowest BCUT2D eigenvalue weighted by molar-refractivity contribution is 0.0697. The highest BCUT2D eigenvalue weighted by atomic mass is 32.1. The predicted molar refractivity (Wildman–Crippen MR) is 112 cm³/mol. The Labute approximate surface area is 169 Å². The van der Waals surface area contributed by atoms with Crippen LogP contribution in [0, 0.1) is 3.95 Å². The van der Waals surface area contributed by atoms with E-state index in [0.29, 0.717) is 14.5 Å². The van der Waals surface area contributed by atoms with Crippen LogP contribution in [0.5, 0.6) is 11.6 Å². The van der Waals surface area contributed by atoms with Crippen molar-refractivity contribution in [3.63, 3.8) is 0 Å². The van der Waals surface area contributed by atoms with E-state index in [4.69, 9.17) is 22.1 Å². The van der Waals surface area contributed by atoms with E-state index >= 15 is 0 Å². The summed E-state index contributed by atoms with van der Waals surface area (Å²) in [6.07, 6.45) is 3.57. The van der Waals surface area contributed by atoms with Crippen molar-refractivity contribution in [2.45, 2.75) is 0 Å². The number of carboxylic acids is 1. The van der Waals surface area contributed by atoms with Crippen molar-refractivity contribution in [2.24, 2.45) is 4.99 Å². The first-order valence-electron chi connectivity index (χ1n) is 8.20. The number of thiazole rings is 1. The molecule has 0 bridgehead atoms. The number of aromatic hydroxyl groups is 1. The molecule has 28 heavy (non-hydrogen) atoms. The maximum Gasteiger partial charge on any atom is 0.335 e. The van der Waals surface area contributed by atoms with Crippen LogP contribution in [-0.2, 0) is 0 Å². The van der Waals surface area contributed by atoms with E-state index < -0.39 is 5.97 Å². The highest BCUT2D eigenvalue weighted by molar-refractivity contribution is 7.73. The molecule has 2 N–H and O–H groups in total. The van der Waals surface area contributed by atoms with E-state index in [9.17, 15) is 9.90 Å². The van der Waals surface area contributed by atoms with Gasteiger partial charge in [-0.2, -0.15) is 0 Å². The van der Waals surface area contributed by atoms with Gasteiger partial charge in [0.1, 0.15) is 5.75 Å². The molecule has 0 saturated heterocycles. The van der Waals surface area contributed by atoms with Gasteiger partial charge in [-0.1, -0.05) is 0 Å². The fraction of sp³-hybridized carbons (Fsp3) is 0.0500. The van der Waals surface area contributed by atoms with Crippen molar-refractivity contribution < 1.29 is 19.7 Å². The third kappa shape index (κ3) is 3.12. The molecule has 0 unspecified atom stereocenters. The Hall–Kier alpha value is -3.23. The number of aromatic nitrogens is 1. The minimum absolute atomic E-state index is 0.000867. The average molecular weight is 410 g/mol. The smallest absolute Gasteiger partial charge is 0.335 e. The van der Waals surface area contributed by atoms with Gasteiger partial charge in [0.15, 0.2) is 3.95 Å². The zero-order valence-corrected chi connectivity index (χ0v) is 16.3. The Morgan fingerprint density at radius 1 is 1.25 bits per heavy atom. The van der Waals surface area contributed by atoms with Gasteiger partial charge in [0.05, 0.1) is 28.9 Å². The number of hydrogen-bond acceptors (Lipinski definition) is 6. The van der Waals surface area contributed by atoms with Crippen LogP contribution < -0.4 is 4.74 Å². The summed E-state index contributed by atoms with van der Waals surface area (Å²) in [4.78, 5) is 16.0. The number of nitrogens with zero attached hydrogens (tertiary/aromatic N) is 2. The van der Waals surface area contributed by atoms with Gasteiger partial charge in [-0.25, -0.2) is 4.79 Å². The van der Waals surface area contributed by atoms with Crippen LogP contribution in [-0.4, -0.2) is 34.1 Å². The number of benzene rings is 2. The number of carboxylic acid groups (broad SMARTS) is 1. The number of aliphatic imine (C=N–C) groups is 1. The van der Waals surface area contributed by atoms with Crippen molar-refractivity contribution in [3.05, 3.63) is 62.4 Å². The van der Waals surface area contributed by atoms with Gasteiger partial charge < -0.3 is 14.9 Å². The molecule has 140 valence electrons. The van der Waals surface area contributed by atoms with Crippen LogP contribution >= 0.6 is 23.6 Å². The second-order valence-corrected chi connectivity index (χ2v) is 7.66. The molecule has 0 saturated carbocycles. The van der Waals surface area contributed by atoms with Gasteiger partial charge in [-0.05, 0) is 54.7 Å². The normalized spacial score (nSPS) is 13.7. The molecule has 1 aromatic heterocycles. The highest BCUT2D eigenvalue weighted by Gasteiger charge is 2.17. The van der Waals surface area contributed by atoms with Crippen molar-refractivity contribution in [3.8, 4) is 17.3 Å². The van der Waals surface area contributed by atoms with E-state index in [1.54, 1.807) is 25.5 Å². The highest BCUT2D eigenvalue weighted by Crippen LogP contribution is 2.38. The lowest BCUT2D eigenvalue weighted by atomic mass is 10.1. The molecule has 0 spiro atoms. The first kappa shape index (κ1) is 18.1. The van der Waals surface area contributed by atoms with Gasteiger partial charge in [0, 0.05) is 23.4 Å². The van der Waals surface area contributed by atoms with Crippen molar-refractivity contribution >= 4 is 53.1 Å². The molecule has 1 aliphatic heterocycles. The molecular weight excluding hydrogens is 396 g/mol. The number of allylic oxidation sites excluding steroid dienone is 1. The van der Waals surface area contributed by atoms with Crippen molar-refractivity contribution in [1.29, 1.82) is 0 Å². The summed E-state index contributed by atoms with van der Waals surface area (Å²) in [5.74, 6) is -0.279. The predicted octanol–water partition coefficient (Wildman–Crippen LogP) is 4.94. The zero-order chi connectivity index (χ0) is 19.8. The third-order valence-electron chi connectivity index (χ3n) is 4.33. The summed E-state index contributed by atoms with van der Waals surface area (Å²) >= 11 is 6.67. The second-order valence-electron chi connectivity index (χ2n) is 5.98. The molecule has 8 heteroatoms. The molecule has 3 aromatic rings. The van der Waals surface area contributed by atoms with Crippen molar-refractivity contribution in [2.75, 3.05) is 7.11 Å². The number of hydrogen-bond donors (Lipinski definition) is 2. The van der Waals surface area contributed by atoms with Gasteiger partial charge >= 0.3 is 5.97 Å². The molecule has 0 atom stereocenters. The lowest BCUT2D eigenvalue weighted by Gasteiger charge is -2.05. The molecular formula is C20H14N2O4S2. The molecule has 1 aliphatic rings. The summed E-state index contributed by atoms with van der Waals surface area (Å²) in [6.45, 7) is 0. The molecule has 2 heterocycles. The molecule has 0 amide bonds. The van der Waals surface area contributed by atoms with E-state index in [2.05, 4.69) is 4.99 Å². The number of aromatic carboxylic acids is 1. The van der Waals surface area contributed by atoms with Gasteiger partial charge in [-0.15, -0.1) is 11.3 Å². The molecule has 0 aliphatic carbocycles. The second kappa shape index (κ2) is 7.06. The first-order chi connectivity index (χ1) is 13.5. The van der Waals surface area contributed by atoms with E-state index in [1.165, 1.54) is 28.0 Å². The molecule has 0 fully saturated rings. The Morgan fingerprint density at radius 2 is 2.00 bits per heavy atom. The van der Waals surface area contributed by atoms with Crippen LogP contribution in [0.15, 0.2) is 47.5 Å². The van der Waals surface area contributed by atoms with Crippen LogP contribution in [0.3, 0.4) is 0 Å².